The Bertz CT molecular complexity index is 151. The van der Waals surface area contributed by atoms with Gasteiger partial charge >= 0.3 is 12.2 Å². The van der Waals surface area contributed by atoms with E-state index in [0.29, 0.717) is 0 Å². The molecule has 0 saturated carbocycles. The highest BCUT2D eigenvalue weighted by Crippen LogP contribution is 2.31. The van der Waals surface area contributed by atoms with Crippen molar-refractivity contribution in [1.29, 1.82) is 0 Å². The first-order chi connectivity index (χ1) is 4.76. The van der Waals surface area contributed by atoms with Gasteiger partial charge in [-0.1, -0.05) is 13.8 Å². The van der Waals surface area contributed by atoms with Crippen LogP contribution in [0.25, 0.3) is 0 Å². The zero-order chi connectivity index (χ0) is 9.23. The third kappa shape index (κ3) is 2.86. The Morgan fingerprint density at radius 1 is 1.27 bits per heavy atom. The van der Waals surface area contributed by atoms with Crippen molar-refractivity contribution in [1.82, 2.24) is 0 Å². The van der Waals surface area contributed by atoms with Crippen LogP contribution < -0.4 is 0 Å². The van der Waals surface area contributed by atoms with Gasteiger partial charge in [-0.15, -0.1) is 0 Å². The molecule has 1 nitrogen and oxygen atoms in total. The molecule has 0 rings (SSSR count). The lowest BCUT2D eigenvalue weighted by Gasteiger charge is -2.18. The Balaban J connectivity index is 4.25. The third-order valence-corrected chi connectivity index (χ3v) is 1.62. The first-order valence-corrected chi connectivity index (χ1v) is 3.03. The maximum absolute atomic E-state index is 11.7. The van der Waals surface area contributed by atoms with Gasteiger partial charge < -0.3 is 0 Å². The standard InChI is InChI=1S/C6H8F4O/c1-3(5(7)11)4(2)6(8,9)10/h3-4H,1-2H3/t3-,4?/m0/s1. The van der Waals surface area contributed by atoms with Crippen molar-refractivity contribution in [2.24, 2.45) is 11.8 Å². The minimum absolute atomic E-state index is 0.780. The van der Waals surface area contributed by atoms with Crippen molar-refractivity contribution >= 4 is 6.04 Å². The summed E-state index contributed by atoms with van der Waals surface area (Å²) >= 11 is 0. The van der Waals surface area contributed by atoms with Crippen LogP contribution in [0.1, 0.15) is 13.8 Å². The molecule has 0 N–H and O–H groups in total. The van der Waals surface area contributed by atoms with E-state index in [1.165, 1.54) is 0 Å². The minimum Gasteiger partial charge on any atom is -0.261 e. The molecule has 0 aliphatic carbocycles. The Morgan fingerprint density at radius 3 is 1.73 bits per heavy atom. The number of carbonyl (C=O) groups excluding carboxylic acids is 1. The molecule has 0 radical (unpaired) electrons. The summed E-state index contributed by atoms with van der Waals surface area (Å²) in [5, 5.41) is 0. The van der Waals surface area contributed by atoms with Crippen molar-refractivity contribution in [3.8, 4) is 0 Å². The number of carbonyl (C=O) groups is 1. The Morgan fingerprint density at radius 2 is 1.64 bits per heavy atom. The van der Waals surface area contributed by atoms with Crippen molar-refractivity contribution < 1.29 is 22.4 Å². The molecule has 0 spiro atoms. The molecule has 66 valence electrons. The van der Waals surface area contributed by atoms with E-state index in [1.54, 1.807) is 0 Å². The van der Waals surface area contributed by atoms with Crippen molar-refractivity contribution in [3.63, 3.8) is 0 Å². The molecule has 0 aromatic rings. The van der Waals surface area contributed by atoms with Gasteiger partial charge in [0.05, 0.1) is 11.8 Å². The fourth-order valence-electron chi connectivity index (χ4n) is 0.480. The van der Waals surface area contributed by atoms with Crippen LogP contribution in [0.2, 0.25) is 0 Å². The quantitative estimate of drug-likeness (QED) is 0.461. The summed E-state index contributed by atoms with van der Waals surface area (Å²) in [4.78, 5) is 9.87. The summed E-state index contributed by atoms with van der Waals surface area (Å²) < 4.78 is 47.0. The van der Waals surface area contributed by atoms with Crippen LogP contribution in [0.15, 0.2) is 0 Å². The zero-order valence-corrected chi connectivity index (χ0v) is 6.07. The summed E-state index contributed by atoms with van der Waals surface area (Å²) in [7, 11) is 0. The Hall–Kier alpha value is -0.610. The molecular weight excluding hydrogens is 164 g/mol. The topological polar surface area (TPSA) is 17.1 Å². The Labute approximate surface area is 61.4 Å². The molecular formula is C6H8F4O. The van der Waals surface area contributed by atoms with Gasteiger partial charge in [0.1, 0.15) is 0 Å². The van der Waals surface area contributed by atoms with Crippen LogP contribution in [-0.4, -0.2) is 12.2 Å². The van der Waals surface area contributed by atoms with E-state index >= 15 is 0 Å². The van der Waals surface area contributed by atoms with Crippen LogP contribution in [-0.2, 0) is 4.79 Å². The maximum Gasteiger partial charge on any atom is 0.392 e. The molecule has 0 aliphatic heterocycles. The van der Waals surface area contributed by atoms with Crippen LogP contribution in [0.3, 0.4) is 0 Å². The second-order valence-electron chi connectivity index (χ2n) is 2.42. The van der Waals surface area contributed by atoms with Gasteiger partial charge in [-0.3, -0.25) is 4.79 Å². The highest BCUT2D eigenvalue weighted by atomic mass is 19.4. The molecule has 0 saturated heterocycles. The molecule has 2 atom stereocenters. The van der Waals surface area contributed by atoms with Gasteiger partial charge in [-0.25, -0.2) is 0 Å². The monoisotopic (exact) mass is 172 g/mol. The zero-order valence-electron chi connectivity index (χ0n) is 6.07. The number of hydrogen-bond donors (Lipinski definition) is 0. The lowest BCUT2D eigenvalue weighted by Crippen LogP contribution is -2.29. The predicted molar refractivity (Wildman–Crippen MR) is 30.5 cm³/mol. The average molecular weight is 172 g/mol. The highest BCUT2D eigenvalue weighted by Gasteiger charge is 2.42. The number of alkyl halides is 3. The average Bonchev–Trinajstić information content (AvgIpc) is 1.82. The third-order valence-electron chi connectivity index (χ3n) is 1.62. The molecule has 0 amide bonds. The lowest BCUT2D eigenvalue weighted by molar-refractivity contribution is -0.187. The maximum atomic E-state index is 11.7. The van der Waals surface area contributed by atoms with Gasteiger partial charge in [0.25, 0.3) is 0 Å². The molecule has 11 heavy (non-hydrogen) atoms. The molecule has 0 heterocycles. The van der Waals surface area contributed by atoms with Crippen molar-refractivity contribution in [3.05, 3.63) is 0 Å². The van der Waals surface area contributed by atoms with Gasteiger partial charge in [-0.2, -0.15) is 17.6 Å². The van der Waals surface area contributed by atoms with Gasteiger partial charge in [0, 0.05) is 0 Å². The first kappa shape index (κ1) is 10.4. The van der Waals surface area contributed by atoms with Crippen molar-refractivity contribution in [2.75, 3.05) is 0 Å². The summed E-state index contributed by atoms with van der Waals surface area (Å²) in [6.45, 7) is 1.70. The van der Waals surface area contributed by atoms with Crippen LogP contribution in [0.4, 0.5) is 17.6 Å². The number of hydrogen-bond acceptors (Lipinski definition) is 1. The molecule has 0 fully saturated rings. The first-order valence-electron chi connectivity index (χ1n) is 3.03. The van der Waals surface area contributed by atoms with Gasteiger partial charge in [-0.05, 0) is 0 Å². The molecule has 0 aromatic heterocycles. The van der Waals surface area contributed by atoms with Crippen LogP contribution >= 0.6 is 0 Å². The van der Waals surface area contributed by atoms with E-state index in [9.17, 15) is 22.4 Å². The van der Waals surface area contributed by atoms with Gasteiger partial charge in [0.15, 0.2) is 0 Å². The normalized spacial score (nSPS) is 17.6. The fourth-order valence-corrected chi connectivity index (χ4v) is 0.480. The SMILES string of the molecule is CC([C@H](C)C(=O)F)C(F)(F)F. The number of halogens is 4. The second-order valence-corrected chi connectivity index (χ2v) is 2.42. The minimum atomic E-state index is -4.50. The Kier molecular flexibility index (Phi) is 3.02. The smallest absolute Gasteiger partial charge is 0.261 e. The summed E-state index contributed by atoms with van der Waals surface area (Å²) in [6, 6.07) is -1.92. The van der Waals surface area contributed by atoms with Crippen LogP contribution in [0.5, 0.6) is 0 Å². The lowest BCUT2D eigenvalue weighted by atomic mass is 9.96. The van der Waals surface area contributed by atoms with E-state index in [-0.39, 0.29) is 0 Å². The van der Waals surface area contributed by atoms with Crippen LogP contribution in [0, 0.1) is 11.8 Å². The summed E-state index contributed by atoms with van der Waals surface area (Å²) in [5.74, 6) is -3.52. The summed E-state index contributed by atoms with van der Waals surface area (Å²) in [5.41, 5.74) is 0. The molecule has 1 unspecified atom stereocenters. The molecule has 0 bridgehead atoms. The van der Waals surface area contributed by atoms with Gasteiger partial charge in [0.2, 0.25) is 0 Å². The molecule has 5 heteroatoms. The van der Waals surface area contributed by atoms with E-state index in [2.05, 4.69) is 0 Å². The van der Waals surface area contributed by atoms with E-state index in [0.717, 1.165) is 13.8 Å². The summed E-state index contributed by atoms with van der Waals surface area (Å²) in [6.07, 6.45) is -4.50. The fraction of sp³-hybridized carbons (Fsp3) is 0.833. The predicted octanol–water partition coefficient (Wildman–Crippen LogP) is 2.32. The highest BCUT2D eigenvalue weighted by molar-refractivity contribution is 5.70. The largest absolute Gasteiger partial charge is 0.392 e. The molecule has 0 aliphatic rings. The number of rotatable bonds is 2. The van der Waals surface area contributed by atoms with E-state index < -0.39 is 24.0 Å². The van der Waals surface area contributed by atoms with E-state index in [4.69, 9.17) is 0 Å². The second kappa shape index (κ2) is 3.19. The molecule has 0 aromatic carbocycles. The van der Waals surface area contributed by atoms with E-state index in [1.807, 2.05) is 0 Å². The van der Waals surface area contributed by atoms with Crippen molar-refractivity contribution in [2.45, 2.75) is 20.0 Å².